The molecule has 0 heterocycles. The summed E-state index contributed by atoms with van der Waals surface area (Å²) < 4.78 is 0. The molecule has 0 atom stereocenters. The van der Waals surface area contributed by atoms with Crippen molar-refractivity contribution < 1.29 is 0 Å². The van der Waals surface area contributed by atoms with Crippen LogP contribution >= 0.6 is 0 Å². The zero-order chi connectivity index (χ0) is 14.8. The van der Waals surface area contributed by atoms with Crippen LogP contribution in [0, 0.1) is 0 Å². The zero-order valence-electron chi connectivity index (χ0n) is 13.7. The van der Waals surface area contributed by atoms with Crippen LogP contribution in [0.25, 0.3) is 0 Å². The summed E-state index contributed by atoms with van der Waals surface area (Å²) in [7, 11) is 2.23. The maximum Gasteiger partial charge on any atom is 0.0230 e. The third kappa shape index (κ3) is 7.10. The standard InChI is InChI=1S/C19H32N2/c1-21(17-18-11-6-5-7-12-18)16-10-15-20-19-13-8-3-2-4-9-14-19/h5-7,11-12,19-20H,2-4,8-10,13-17H2,1H3. The monoisotopic (exact) mass is 288 g/mol. The molecule has 0 aromatic heterocycles. The topological polar surface area (TPSA) is 15.3 Å². The third-order valence-electron chi connectivity index (χ3n) is 4.55. The van der Waals surface area contributed by atoms with Gasteiger partial charge in [-0.2, -0.15) is 0 Å². The molecular formula is C19H32N2. The first-order valence-electron chi connectivity index (χ1n) is 8.80. The quantitative estimate of drug-likeness (QED) is 0.756. The van der Waals surface area contributed by atoms with Crippen LogP contribution in [0.15, 0.2) is 30.3 Å². The van der Waals surface area contributed by atoms with E-state index in [9.17, 15) is 0 Å². The minimum Gasteiger partial charge on any atom is -0.314 e. The van der Waals surface area contributed by atoms with Crippen molar-refractivity contribution in [3.8, 4) is 0 Å². The molecule has 1 fully saturated rings. The molecule has 21 heavy (non-hydrogen) atoms. The molecule has 1 aromatic carbocycles. The molecule has 0 aliphatic heterocycles. The summed E-state index contributed by atoms with van der Waals surface area (Å²) in [6.45, 7) is 3.41. The Bertz CT molecular complexity index is 355. The van der Waals surface area contributed by atoms with Gasteiger partial charge in [-0.15, -0.1) is 0 Å². The van der Waals surface area contributed by atoms with E-state index in [0.717, 1.165) is 12.6 Å². The molecular weight excluding hydrogens is 256 g/mol. The van der Waals surface area contributed by atoms with Gasteiger partial charge in [0.1, 0.15) is 0 Å². The lowest BCUT2D eigenvalue weighted by molar-refractivity contribution is 0.311. The van der Waals surface area contributed by atoms with E-state index in [1.165, 1.54) is 70.0 Å². The predicted octanol–water partition coefficient (Wildman–Crippen LogP) is 4.21. The molecule has 2 heteroatoms. The molecule has 2 nitrogen and oxygen atoms in total. The van der Waals surface area contributed by atoms with Gasteiger partial charge < -0.3 is 10.2 Å². The maximum atomic E-state index is 3.78. The molecule has 0 amide bonds. The lowest BCUT2D eigenvalue weighted by atomic mass is 9.97. The Morgan fingerprint density at radius 1 is 1.00 bits per heavy atom. The normalized spacial score (nSPS) is 17.6. The van der Waals surface area contributed by atoms with Gasteiger partial charge in [0, 0.05) is 12.6 Å². The number of hydrogen-bond donors (Lipinski definition) is 1. The van der Waals surface area contributed by atoms with Gasteiger partial charge in [-0.3, -0.25) is 0 Å². The van der Waals surface area contributed by atoms with Crippen molar-refractivity contribution in [2.75, 3.05) is 20.1 Å². The highest BCUT2D eigenvalue weighted by Crippen LogP contribution is 2.16. The van der Waals surface area contributed by atoms with Crippen LogP contribution in [0.3, 0.4) is 0 Å². The van der Waals surface area contributed by atoms with Crippen molar-refractivity contribution >= 4 is 0 Å². The van der Waals surface area contributed by atoms with Gasteiger partial charge >= 0.3 is 0 Å². The molecule has 0 radical (unpaired) electrons. The Morgan fingerprint density at radius 3 is 2.38 bits per heavy atom. The molecule has 1 saturated carbocycles. The average Bonchev–Trinajstić information content (AvgIpc) is 2.46. The van der Waals surface area contributed by atoms with Gasteiger partial charge in [0.25, 0.3) is 0 Å². The number of hydrogen-bond acceptors (Lipinski definition) is 2. The van der Waals surface area contributed by atoms with Crippen LogP contribution in [0.5, 0.6) is 0 Å². The number of rotatable bonds is 7. The van der Waals surface area contributed by atoms with E-state index in [2.05, 4.69) is 47.6 Å². The summed E-state index contributed by atoms with van der Waals surface area (Å²) in [5, 5.41) is 3.78. The van der Waals surface area contributed by atoms with E-state index in [1.54, 1.807) is 0 Å². The summed E-state index contributed by atoms with van der Waals surface area (Å²) in [4.78, 5) is 2.43. The molecule has 0 unspecified atom stereocenters. The van der Waals surface area contributed by atoms with E-state index in [1.807, 2.05) is 0 Å². The summed E-state index contributed by atoms with van der Waals surface area (Å²) in [5.41, 5.74) is 1.41. The van der Waals surface area contributed by atoms with Crippen molar-refractivity contribution in [1.29, 1.82) is 0 Å². The molecule has 1 N–H and O–H groups in total. The smallest absolute Gasteiger partial charge is 0.0230 e. The lowest BCUT2D eigenvalue weighted by Crippen LogP contribution is -2.32. The fraction of sp³-hybridized carbons (Fsp3) is 0.684. The lowest BCUT2D eigenvalue weighted by Gasteiger charge is -2.22. The second kappa shape index (κ2) is 9.97. The van der Waals surface area contributed by atoms with Crippen LogP contribution in [-0.2, 0) is 6.54 Å². The van der Waals surface area contributed by atoms with E-state index in [0.29, 0.717) is 0 Å². The first kappa shape index (κ1) is 16.5. The summed E-state index contributed by atoms with van der Waals surface area (Å²) in [6.07, 6.45) is 11.2. The highest BCUT2D eigenvalue weighted by Gasteiger charge is 2.10. The Hall–Kier alpha value is -0.860. The van der Waals surface area contributed by atoms with Gasteiger partial charge in [-0.1, -0.05) is 62.4 Å². The fourth-order valence-corrected chi connectivity index (χ4v) is 3.29. The molecule has 1 aromatic rings. The number of nitrogens with zero attached hydrogens (tertiary/aromatic N) is 1. The Morgan fingerprint density at radius 2 is 1.67 bits per heavy atom. The van der Waals surface area contributed by atoms with Crippen LogP contribution in [0.2, 0.25) is 0 Å². The second-order valence-corrected chi connectivity index (χ2v) is 6.57. The predicted molar refractivity (Wildman–Crippen MR) is 91.5 cm³/mol. The van der Waals surface area contributed by atoms with E-state index < -0.39 is 0 Å². The molecule has 1 aliphatic rings. The molecule has 1 aliphatic carbocycles. The van der Waals surface area contributed by atoms with Crippen LogP contribution in [0.1, 0.15) is 56.9 Å². The van der Waals surface area contributed by atoms with Crippen molar-refractivity contribution in [3.63, 3.8) is 0 Å². The van der Waals surface area contributed by atoms with E-state index >= 15 is 0 Å². The van der Waals surface area contributed by atoms with Crippen molar-refractivity contribution in [1.82, 2.24) is 10.2 Å². The van der Waals surface area contributed by atoms with Crippen molar-refractivity contribution in [2.45, 2.75) is 64.0 Å². The molecule has 118 valence electrons. The molecule has 0 bridgehead atoms. The first-order chi connectivity index (χ1) is 10.3. The summed E-state index contributed by atoms with van der Waals surface area (Å²) in [6, 6.07) is 11.5. The van der Waals surface area contributed by atoms with Crippen LogP contribution < -0.4 is 5.32 Å². The van der Waals surface area contributed by atoms with Crippen molar-refractivity contribution in [3.05, 3.63) is 35.9 Å². The van der Waals surface area contributed by atoms with Gasteiger partial charge in [0.05, 0.1) is 0 Å². The van der Waals surface area contributed by atoms with Gasteiger partial charge in [0.15, 0.2) is 0 Å². The van der Waals surface area contributed by atoms with Crippen LogP contribution in [-0.4, -0.2) is 31.1 Å². The molecule has 0 saturated heterocycles. The highest BCUT2D eigenvalue weighted by molar-refractivity contribution is 5.14. The highest BCUT2D eigenvalue weighted by atomic mass is 15.1. The first-order valence-corrected chi connectivity index (χ1v) is 8.80. The number of nitrogens with one attached hydrogen (secondary N) is 1. The summed E-state index contributed by atoms with van der Waals surface area (Å²) >= 11 is 0. The van der Waals surface area contributed by atoms with Crippen molar-refractivity contribution in [2.24, 2.45) is 0 Å². The minimum absolute atomic E-state index is 0.782. The zero-order valence-corrected chi connectivity index (χ0v) is 13.7. The largest absolute Gasteiger partial charge is 0.314 e. The Labute approximate surface area is 130 Å². The fourth-order valence-electron chi connectivity index (χ4n) is 3.29. The minimum atomic E-state index is 0.782. The second-order valence-electron chi connectivity index (χ2n) is 6.57. The molecule has 2 rings (SSSR count). The third-order valence-corrected chi connectivity index (χ3v) is 4.55. The maximum absolute atomic E-state index is 3.78. The Kier molecular flexibility index (Phi) is 7.83. The van der Waals surface area contributed by atoms with E-state index in [4.69, 9.17) is 0 Å². The summed E-state index contributed by atoms with van der Waals surface area (Å²) in [5.74, 6) is 0. The SMILES string of the molecule is CN(CCCNC1CCCCCCC1)Cc1ccccc1. The van der Waals surface area contributed by atoms with Gasteiger partial charge in [0.2, 0.25) is 0 Å². The van der Waals surface area contributed by atoms with Crippen LogP contribution in [0.4, 0.5) is 0 Å². The Balaban J connectivity index is 1.56. The molecule has 0 spiro atoms. The average molecular weight is 288 g/mol. The van der Waals surface area contributed by atoms with Gasteiger partial charge in [-0.25, -0.2) is 0 Å². The van der Waals surface area contributed by atoms with Gasteiger partial charge in [-0.05, 0) is 45.0 Å². The number of benzene rings is 1. The van der Waals surface area contributed by atoms with E-state index in [-0.39, 0.29) is 0 Å².